The van der Waals surface area contributed by atoms with Gasteiger partial charge in [0.2, 0.25) is 5.91 Å². The lowest BCUT2D eigenvalue weighted by molar-refractivity contribution is -0.119. The Morgan fingerprint density at radius 2 is 2.09 bits per heavy atom. The third-order valence-electron chi connectivity index (χ3n) is 4.14. The Bertz CT molecular complexity index is 488. The first-order valence-corrected chi connectivity index (χ1v) is 8.72. The molecule has 0 bridgehead atoms. The van der Waals surface area contributed by atoms with Gasteiger partial charge in [-0.3, -0.25) is 9.69 Å². The lowest BCUT2D eigenvalue weighted by Gasteiger charge is -2.26. The summed E-state index contributed by atoms with van der Waals surface area (Å²) in [5.74, 6) is 0.764. The molecule has 0 heterocycles. The summed E-state index contributed by atoms with van der Waals surface area (Å²) in [7, 11) is 0. The van der Waals surface area contributed by atoms with Gasteiger partial charge in [0.15, 0.2) is 0 Å². The van der Waals surface area contributed by atoms with E-state index in [9.17, 15) is 4.79 Å². The number of nitrogens with zero attached hydrogens (tertiary/aromatic N) is 1. The summed E-state index contributed by atoms with van der Waals surface area (Å²) in [4.78, 5) is 14.3. The topological polar surface area (TPSA) is 29.5 Å². The van der Waals surface area contributed by atoms with Crippen molar-refractivity contribution in [3.05, 3.63) is 29.8 Å². The molecule has 2 rings (SSSR count). The number of halogens is 1. The molecule has 0 aromatic heterocycles. The van der Waals surface area contributed by atoms with Gasteiger partial charge in [-0.05, 0) is 36.8 Å². The summed E-state index contributed by atoms with van der Waals surface area (Å²) in [5, 5.41) is -0.503. The van der Waals surface area contributed by atoms with Gasteiger partial charge in [0, 0.05) is 12.3 Å². The number of carbonyl (C=O) groups is 1. The van der Waals surface area contributed by atoms with E-state index in [1.807, 2.05) is 25.1 Å². The van der Waals surface area contributed by atoms with E-state index in [4.69, 9.17) is 16.3 Å². The molecule has 122 valence electrons. The molecule has 0 saturated heterocycles. The van der Waals surface area contributed by atoms with E-state index < -0.39 is 5.38 Å². The molecule has 1 amide bonds. The first kappa shape index (κ1) is 17.3. The fourth-order valence-electron chi connectivity index (χ4n) is 2.48. The normalized spacial score (nSPS) is 15.6. The number of carbonyl (C=O) groups excluding carboxylic acids is 1. The number of benzene rings is 1. The van der Waals surface area contributed by atoms with Crippen molar-refractivity contribution in [2.24, 2.45) is 5.92 Å². The van der Waals surface area contributed by atoms with Crippen molar-refractivity contribution < 1.29 is 9.53 Å². The fraction of sp³-hybridized carbons (Fsp3) is 0.611. The van der Waals surface area contributed by atoms with E-state index in [-0.39, 0.29) is 12.6 Å². The molecule has 1 aliphatic carbocycles. The standard InChI is InChI=1S/C18H26ClNO2/c1-3-15-7-5-6-8-17(15)20(18(21)16(19)4-2)13-22-12-11-14-9-10-14/h5-8,14,16H,3-4,9-13H2,1-2H3. The minimum Gasteiger partial charge on any atom is -0.361 e. The number of alkyl halides is 1. The third-order valence-corrected chi connectivity index (χ3v) is 4.64. The maximum Gasteiger partial charge on any atom is 0.246 e. The first-order chi connectivity index (χ1) is 10.7. The van der Waals surface area contributed by atoms with Gasteiger partial charge in [-0.2, -0.15) is 0 Å². The molecule has 0 radical (unpaired) electrons. The molecule has 3 nitrogen and oxygen atoms in total. The number of hydrogen-bond donors (Lipinski definition) is 0. The summed E-state index contributed by atoms with van der Waals surface area (Å²) in [6, 6.07) is 7.97. The number of hydrogen-bond acceptors (Lipinski definition) is 2. The molecular weight excluding hydrogens is 298 g/mol. The average Bonchev–Trinajstić information content (AvgIpc) is 3.38. The van der Waals surface area contributed by atoms with Crippen LogP contribution in [-0.4, -0.2) is 24.6 Å². The van der Waals surface area contributed by atoms with Gasteiger partial charge in [0.05, 0.1) is 0 Å². The molecule has 1 fully saturated rings. The third kappa shape index (κ3) is 4.72. The summed E-state index contributed by atoms with van der Waals surface area (Å²) in [6.45, 7) is 5.01. The molecule has 4 heteroatoms. The van der Waals surface area contributed by atoms with Crippen molar-refractivity contribution >= 4 is 23.2 Å². The van der Waals surface area contributed by atoms with Crippen LogP contribution in [0.5, 0.6) is 0 Å². The van der Waals surface area contributed by atoms with Gasteiger partial charge in [0.25, 0.3) is 0 Å². The number of para-hydroxylation sites is 1. The number of anilines is 1. The van der Waals surface area contributed by atoms with E-state index in [0.717, 1.165) is 30.0 Å². The maximum absolute atomic E-state index is 12.6. The van der Waals surface area contributed by atoms with Crippen LogP contribution in [-0.2, 0) is 16.0 Å². The number of aryl methyl sites for hydroxylation is 1. The van der Waals surface area contributed by atoms with E-state index in [1.54, 1.807) is 4.90 Å². The van der Waals surface area contributed by atoms with Gasteiger partial charge in [-0.25, -0.2) is 0 Å². The highest BCUT2D eigenvalue weighted by Gasteiger charge is 2.25. The number of amides is 1. The van der Waals surface area contributed by atoms with E-state index in [1.165, 1.54) is 12.8 Å². The molecule has 22 heavy (non-hydrogen) atoms. The Morgan fingerprint density at radius 1 is 1.36 bits per heavy atom. The summed E-state index contributed by atoms with van der Waals surface area (Å²) >= 11 is 6.18. The summed E-state index contributed by atoms with van der Waals surface area (Å²) in [5.41, 5.74) is 2.06. The van der Waals surface area contributed by atoms with Crippen LogP contribution in [0.15, 0.2) is 24.3 Å². The highest BCUT2D eigenvalue weighted by Crippen LogP contribution is 2.32. The monoisotopic (exact) mass is 323 g/mol. The van der Waals surface area contributed by atoms with Gasteiger partial charge in [-0.1, -0.05) is 44.9 Å². The van der Waals surface area contributed by atoms with Crippen molar-refractivity contribution in [3.8, 4) is 0 Å². The fourth-order valence-corrected chi connectivity index (χ4v) is 2.60. The van der Waals surface area contributed by atoms with Crippen LogP contribution < -0.4 is 4.90 Å². The highest BCUT2D eigenvalue weighted by atomic mass is 35.5. The second kappa shape index (κ2) is 8.54. The van der Waals surface area contributed by atoms with Crippen molar-refractivity contribution in [3.63, 3.8) is 0 Å². The van der Waals surface area contributed by atoms with Gasteiger partial charge >= 0.3 is 0 Å². The lowest BCUT2D eigenvalue weighted by Crippen LogP contribution is -2.39. The Balaban J connectivity index is 2.06. The van der Waals surface area contributed by atoms with Crippen molar-refractivity contribution in [2.75, 3.05) is 18.2 Å². The molecule has 0 spiro atoms. The maximum atomic E-state index is 12.6. The van der Waals surface area contributed by atoms with Gasteiger partial charge < -0.3 is 4.74 Å². The molecule has 1 unspecified atom stereocenters. The number of ether oxygens (including phenoxy) is 1. The van der Waals surface area contributed by atoms with Gasteiger partial charge in [-0.15, -0.1) is 11.6 Å². The molecule has 1 aromatic rings. The van der Waals surface area contributed by atoms with E-state index >= 15 is 0 Å². The van der Waals surface area contributed by atoms with Crippen LogP contribution in [0.4, 0.5) is 5.69 Å². The largest absolute Gasteiger partial charge is 0.361 e. The predicted octanol–water partition coefficient (Wildman–Crippen LogP) is 4.37. The zero-order chi connectivity index (χ0) is 15.9. The smallest absolute Gasteiger partial charge is 0.246 e. The lowest BCUT2D eigenvalue weighted by atomic mass is 10.1. The predicted molar refractivity (Wildman–Crippen MR) is 91.4 cm³/mol. The van der Waals surface area contributed by atoms with Crippen molar-refractivity contribution in [1.29, 1.82) is 0 Å². The van der Waals surface area contributed by atoms with Crippen LogP contribution in [0.3, 0.4) is 0 Å². The van der Waals surface area contributed by atoms with Crippen LogP contribution in [0.1, 0.15) is 45.1 Å². The first-order valence-electron chi connectivity index (χ1n) is 8.28. The summed E-state index contributed by atoms with van der Waals surface area (Å²) in [6.07, 6.45) is 5.23. The van der Waals surface area contributed by atoms with Crippen LogP contribution in [0.25, 0.3) is 0 Å². The Kier molecular flexibility index (Phi) is 6.71. The zero-order valence-corrected chi connectivity index (χ0v) is 14.3. The molecular formula is C18H26ClNO2. The van der Waals surface area contributed by atoms with E-state index in [0.29, 0.717) is 13.0 Å². The van der Waals surface area contributed by atoms with Crippen molar-refractivity contribution in [2.45, 2.75) is 51.3 Å². The molecule has 1 aliphatic rings. The minimum absolute atomic E-state index is 0.0727. The van der Waals surface area contributed by atoms with E-state index in [2.05, 4.69) is 13.0 Å². The SMILES string of the molecule is CCc1ccccc1N(COCCC1CC1)C(=O)C(Cl)CC. The second-order valence-corrected chi connectivity index (χ2v) is 6.42. The molecule has 1 atom stereocenters. The average molecular weight is 324 g/mol. The van der Waals surface area contributed by atoms with Crippen LogP contribution >= 0.6 is 11.6 Å². The zero-order valence-electron chi connectivity index (χ0n) is 13.6. The molecule has 1 aromatic carbocycles. The Labute approximate surface area is 138 Å². The second-order valence-electron chi connectivity index (χ2n) is 5.89. The quantitative estimate of drug-likeness (QED) is 0.383. The highest BCUT2D eigenvalue weighted by molar-refractivity contribution is 6.32. The minimum atomic E-state index is -0.503. The molecule has 0 N–H and O–H groups in total. The molecule has 0 aliphatic heterocycles. The Hall–Kier alpha value is -1.06. The molecule has 1 saturated carbocycles. The number of rotatable bonds is 9. The van der Waals surface area contributed by atoms with Gasteiger partial charge in [0.1, 0.15) is 12.1 Å². The van der Waals surface area contributed by atoms with Crippen LogP contribution in [0, 0.1) is 5.92 Å². The Morgan fingerprint density at radius 3 is 2.73 bits per heavy atom. The van der Waals surface area contributed by atoms with Crippen molar-refractivity contribution in [1.82, 2.24) is 0 Å². The summed E-state index contributed by atoms with van der Waals surface area (Å²) < 4.78 is 5.76. The van der Waals surface area contributed by atoms with Crippen LogP contribution in [0.2, 0.25) is 0 Å².